The molecule has 2 heteroatoms. The summed E-state index contributed by atoms with van der Waals surface area (Å²) in [5.74, 6) is 7.94. The predicted octanol–water partition coefficient (Wildman–Crippen LogP) is 1.52. The predicted molar refractivity (Wildman–Crippen MR) is 47.8 cm³/mol. The SMILES string of the molecule is CCC1CC1C(NN)C(C)C. The highest BCUT2D eigenvalue weighted by molar-refractivity contribution is 4.94. The lowest BCUT2D eigenvalue weighted by Gasteiger charge is -2.19. The van der Waals surface area contributed by atoms with Crippen LogP contribution in [0.4, 0.5) is 0 Å². The first-order valence-corrected chi connectivity index (χ1v) is 4.66. The summed E-state index contributed by atoms with van der Waals surface area (Å²) in [7, 11) is 0. The Morgan fingerprint density at radius 3 is 2.45 bits per heavy atom. The van der Waals surface area contributed by atoms with Crippen molar-refractivity contribution in [3.63, 3.8) is 0 Å². The molecule has 1 saturated carbocycles. The molecule has 2 nitrogen and oxygen atoms in total. The monoisotopic (exact) mass is 156 g/mol. The van der Waals surface area contributed by atoms with E-state index < -0.39 is 0 Å². The van der Waals surface area contributed by atoms with Crippen LogP contribution in [-0.2, 0) is 0 Å². The van der Waals surface area contributed by atoms with E-state index in [0.717, 1.165) is 11.8 Å². The average molecular weight is 156 g/mol. The third kappa shape index (κ3) is 1.94. The van der Waals surface area contributed by atoms with Crippen LogP contribution >= 0.6 is 0 Å². The number of hydrogen-bond acceptors (Lipinski definition) is 2. The third-order valence-corrected chi connectivity index (χ3v) is 2.87. The molecule has 3 atom stereocenters. The highest BCUT2D eigenvalue weighted by atomic mass is 15.2. The van der Waals surface area contributed by atoms with Gasteiger partial charge in [-0.1, -0.05) is 27.2 Å². The minimum Gasteiger partial charge on any atom is -0.271 e. The minimum atomic E-state index is 0.542. The van der Waals surface area contributed by atoms with Gasteiger partial charge in [0.2, 0.25) is 0 Å². The van der Waals surface area contributed by atoms with E-state index >= 15 is 0 Å². The minimum absolute atomic E-state index is 0.542. The molecular weight excluding hydrogens is 136 g/mol. The summed E-state index contributed by atoms with van der Waals surface area (Å²) >= 11 is 0. The maximum atomic E-state index is 5.48. The van der Waals surface area contributed by atoms with Crippen molar-refractivity contribution >= 4 is 0 Å². The van der Waals surface area contributed by atoms with E-state index in [-0.39, 0.29) is 0 Å². The van der Waals surface area contributed by atoms with Crippen molar-refractivity contribution in [2.24, 2.45) is 23.6 Å². The maximum absolute atomic E-state index is 5.48. The Kier molecular flexibility index (Phi) is 2.90. The lowest BCUT2D eigenvalue weighted by atomic mass is 9.98. The molecule has 1 aliphatic carbocycles. The molecule has 1 rings (SSSR count). The summed E-state index contributed by atoms with van der Waals surface area (Å²) in [5.41, 5.74) is 2.93. The second-order valence-electron chi connectivity index (χ2n) is 4.00. The lowest BCUT2D eigenvalue weighted by Crippen LogP contribution is -2.41. The Balaban J connectivity index is 2.33. The smallest absolute Gasteiger partial charge is 0.0264 e. The Morgan fingerprint density at radius 2 is 2.18 bits per heavy atom. The molecule has 66 valence electrons. The summed E-state index contributed by atoms with van der Waals surface area (Å²) in [6.45, 7) is 6.73. The van der Waals surface area contributed by atoms with Gasteiger partial charge in [-0.25, -0.2) is 0 Å². The van der Waals surface area contributed by atoms with Gasteiger partial charge >= 0.3 is 0 Å². The van der Waals surface area contributed by atoms with Crippen LogP contribution in [0.25, 0.3) is 0 Å². The third-order valence-electron chi connectivity index (χ3n) is 2.87. The molecule has 0 aliphatic heterocycles. The van der Waals surface area contributed by atoms with Gasteiger partial charge in [0.05, 0.1) is 0 Å². The van der Waals surface area contributed by atoms with Gasteiger partial charge in [0.25, 0.3) is 0 Å². The molecule has 0 radical (unpaired) electrons. The fourth-order valence-corrected chi connectivity index (χ4v) is 1.99. The molecular formula is C9H20N2. The van der Waals surface area contributed by atoms with Gasteiger partial charge in [-0.3, -0.25) is 11.3 Å². The normalized spacial score (nSPS) is 32.5. The second-order valence-corrected chi connectivity index (χ2v) is 4.00. The van der Waals surface area contributed by atoms with E-state index in [1.165, 1.54) is 12.8 Å². The van der Waals surface area contributed by atoms with E-state index in [1.807, 2.05) is 0 Å². The van der Waals surface area contributed by atoms with E-state index in [0.29, 0.717) is 12.0 Å². The van der Waals surface area contributed by atoms with Gasteiger partial charge in [-0.15, -0.1) is 0 Å². The number of nitrogens with two attached hydrogens (primary N) is 1. The van der Waals surface area contributed by atoms with E-state index in [1.54, 1.807) is 0 Å². The number of nitrogens with one attached hydrogen (secondary N) is 1. The Labute approximate surface area is 69.5 Å². The molecule has 0 aromatic heterocycles. The van der Waals surface area contributed by atoms with Crippen molar-refractivity contribution in [2.75, 3.05) is 0 Å². The summed E-state index contributed by atoms with van der Waals surface area (Å²) in [5, 5.41) is 0. The Morgan fingerprint density at radius 1 is 1.55 bits per heavy atom. The van der Waals surface area contributed by atoms with Crippen LogP contribution in [0, 0.1) is 17.8 Å². The van der Waals surface area contributed by atoms with Crippen molar-refractivity contribution in [2.45, 2.75) is 39.7 Å². The highest BCUT2D eigenvalue weighted by Crippen LogP contribution is 2.44. The highest BCUT2D eigenvalue weighted by Gasteiger charge is 2.41. The standard InChI is InChI=1S/C9H20N2/c1-4-7-5-8(7)9(11-10)6(2)3/h6-9,11H,4-5,10H2,1-3H3. The molecule has 0 aromatic rings. The van der Waals surface area contributed by atoms with Crippen LogP contribution in [-0.4, -0.2) is 6.04 Å². The molecule has 11 heavy (non-hydrogen) atoms. The van der Waals surface area contributed by atoms with Crippen LogP contribution < -0.4 is 11.3 Å². The molecule has 3 N–H and O–H groups in total. The summed E-state index contributed by atoms with van der Waals surface area (Å²) < 4.78 is 0. The van der Waals surface area contributed by atoms with Gasteiger partial charge in [0.1, 0.15) is 0 Å². The molecule has 0 spiro atoms. The van der Waals surface area contributed by atoms with Crippen molar-refractivity contribution in [1.82, 2.24) is 5.43 Å². The molecule has 0 bridgehead atoms. The second kappa shape index (κ2) is 3.55. The molecule has 0 saturated heterocycles. The van der Waals surface area contributed by atoms with Gasteiger partial charge in [-0.2, -0.15) is 0 Å². The largest absolute Gasteiger partial charge is 0.271 e. The number of hydrogen-bond donors (Lipinski definition) is 2. The first kappa shape index (κ1) is 9.01. The fourth-order valence-electron chi connectivity index (χ4n) is 1.99. The fraction of sp³-hybridized carbons (Fsp3) is 1.00. The van der Waals surface area contributed by atoms with Crippen LogP contribution in [0.3, 0.4) is 0 Å². The summed E-state index contributed by atoms with van der Waals surface area (Å²) in [6, 6.07) is 0.542. The zero-order valence-corrected chi connectivity index (χ0v) is 7.80. The van der Waals surface area contributed by atoms with Crippen molar-refractivity contribution < 1.29 is 0 Å². The molecule has 3 unspecified atom stereocenters. The van der Waals surface area contributed by atoms with E-state index in [2.05, 4.69) is 26.2 Å². The summed E-state index contributed by atoms with van der Waals surface area (Å²) in [4.78, 5) is 0. The van der Waals surface area contributed by atoms with Crippen molar-refractivity contribution in [3.05, 3.63) is 0 Å². The molecule has 0 amide bonds. The number of hydrazine groups is 1. The summed E-state index contributed by atoms with van der Waals surface area (Å²) in [6.07, 6.45) is 2.69. The Bertz CT molecular complexity index is 123. The first-order valence-electron chi connectivity index (χ1n) is 4.66. The average Bonchev–Trinajstić information content (AvgIpc) is 2.68. The van der Waals surface area contributed by atoms with Crippen LogP contribution in [0.2, 0.25) is 0 Å². The molecule has 0 aromatic carbocycles. The van der Waals surface area contributed by atoms with Gasteiger partial charge in [0, 0.05) is 6.04 Å². The van der Waals surface area contributed by atoms with Gasteiger partial charge in [-0.05, 0) is 24.2 Å². The zero-order valence-electron chi connectivity index (χ0n) is 7.80. The maximum Gasteiger partial charge on any atom is 0.0264 e. The molecule has 1 fully saturated rings. The van der Waals surface area contributed by atoms with Crippen LogP contribution in [0.5, 0.6) is 0 Å². The topological polar surface area (TPSA) is 38.0 Å². The van der Waals surface area contributed by atoms with Crippen molar-refractivity contribution in [1.29, 1.82) is 0 Å². The van der Waals surface area contributed by atoms with Gasteiger partial charge < -0.3 is 0 Å². The van der Waals surface area contributed by atoms with E-state index in [9.17, 15) is 0 Å². The van der Waals surface area contributed by atoms with E-state index in [4.69, 9.17) is 5.84 Å². The number of rotatable bonds is 4. The van der Waals surface area contributed by atoms with Crippen molar-refractivity contribution in [3.8, 4) is 0 Å². The molecule has 1 aliphatic rings. The first-order chi connectivity index (χ1) is 5.20. The van der Waals surface area contributed by atoms with Crippen LogP contribution in [0.15, 0.2) is 0 Å². The lowest BCUT2D eigenvalue weighted by molar-refractivity contribution is 0.351. The molecule has 0 heterocycles. The van der Waals surface area contributed by atoms with Gasteiger partial charge in [0.15, 0.2) is 0 Å². The quantitative estimate of drug-likeness (QED) is 0.478. The zero-order chi connectivity index (χ0) is 8.43. The van der Waals surface area contributed by atoms with Crippen LogP contribution in [0.1, 0.15) is 33.6 Å². The Hall–Kier alpha value is -0.0800.